The molecule has 0 aliphatic carbocycles. The molecule has 6 nitrogen and oxygen atoms in total. The minimum Gasteiger partial charge on any atom is -0.393 e. The van der Waals surface area contributed by atoms with Gasteiger partial charge in [-0.3, -0.25) is 4.79 Å². The Morgan fingerprint density at radius 1 is 1.35 bits per heavy atom. The van der Waals surface area contributed by atoms with E-state index in [1.807, 2.05) is 0 Å². The summed E-state index contributed by atoms with van der Waals surface area (Å²) in [5, 5.41) is 2.38. The minimum atomic E-state index is -3.73. The second-order valence-corrected chi connectivity index (χ2v) is 6.48. The zero-order valence-electron chi connectivity index (χ0n) is 11.2. The van der Waals surface area contributed by atoms with Crippen molar-refractivity contribution < 1.29 is 13.2 Å². The van der Waals surface area contributed by atoms with Crippen LogP contribution < -0.4 is 15.8 Å². The summed E-state index contributed by atoms with van der Waals surface area (Å²) in [5.41, 5.74) is 6.25. The van der Waals surface area contributed by atoms with E-state index in [1.165, 1.54) is 26.1 Å². The maximum Gasteiger partial charge on any atom is 0.241 e. The van der Waals surface area contributed by atoms with Gasteiger partial charge in [0, 0.05) is 13.5 Å². The highest BCUT2D eigenvalue weighted by Gasteiger charge is 2.21. The molecule has 4 N–H and O–H groups in total. The lowest BCUT2D eigenvalue weighted by molar-refractivity contribution is -0.121. The van der Waals surface area contributed by atoms with Crippen molar-refractivity contribution in [2.45, 2.75) is 24.3 Å². The number of hydrogen-bond acceptors (Lipinski definition) is 4. The number of carbonyl (C=O) groups is 1. The first-order valence-corrected chi connectivity index (χ1v) is 7.76. The summed E-state index contributed by atoms with van der Waals surface area (Å²) in [5.74, 6) is -0.404. The second kappa shape index (κ2) is 6.78. The lowest BCUT2D eigenvalue weighted by Crippen LogP contribution is -2.43. The van der Waals surface area contributed by atoms with E-state index in [4.69, 9.17) is 18.0 Å². The number of amides is 1. The summed E-state index contributed by atoms with van der Waals surface area (Å²) < 4.78 is 26.4. The summed E-state index contributed by atoms with van der Waals surface area (Å²) in [6.07, 6.45) is 0.414. The Morgan fingerprint density at radius 3 is 2.35 bits per heavy atom. The minimum absolute atomic E-state index is 0.0833. The van der Waals surface area contributed by atoms with E-state index >= 15 is 0 Å². The van der Waals surface area contributed by atoms with Gasteiger partial charge in [0.25, 0.3) is 0 Å². The fourth-order valence-electron chi connectivity index (χ4n) is 1.56. The molecule has 0 bridgehead atoms. The molecule has 8 heteroatoms. The first-order valence-electron chi connectivity index (χ1n) is 5.87. The van der Waals surface area contributed by atoms with Crippen molar-refractivity contribution in [1.29, 1.82) is 0 Å². The van der Waals surface area contributed by atoms with Gasteiger partial charge in [0.05, 0.1) is 15.9 Å². The summed E-state index contributed by atoms with van der Waals surface area (Å²) in [6.45, 7) is 1.47. The van der Waals surface area contributed by atoms with Gasteiger partial charge >= 0.3 is 0 Å². The third-order valence-corrected chi connectivity index (χ3v) is 4.28. The van der Waals surface area contributed by atoms with E-state index in [1.54, 1.807) is 12.1 Å². The molecule has 1 aromatic carbocycles. The van der Waals surface area contributed by atoms with E-state index in [2.05, 4.69) is 10.0 Å². The number of likely N-dealkylation sites (N-methyl/N-ethyl adjacent to an activating group) is 1. The molecule has 1 unspecified atom stereocenters. The van der Waals surface area contributed by atoms with Crippen molar-refractivity contribution in [3.8, 4) is 0 Å². The quantitative estimate of drug-likeness (QED) is 0.638. The maximum atomic E-state index is 12.1. The van der Waals surface area contributed by atoms with E-state index < -0.39 is 22.0 Å². The van der Waals surface area contributed by atoms with E-state index in [-0.39, 0.29) is 4.90 Å². The molecule has 0 saturated heterocycles. The van der Waals surface area contributed by atoms with Gasteiger partial charge in [0.15, 0.2) is 0 Å². The largest absolute Gasteiger partial charge is 0.393 e. The van der Waals surface area contributed by atoms with Crippen LogP contribution in [0.1, 0.15) is 12.5 Å². The van der Waals surface area contributed by atoms with Crippen molar-refractivity contribution in [1.82, 2.24) is 10.0 Å². The van der Waals surface area contributed by atoms with Crippen molar-refractivity contribution >= 4 is 33.1 Å². The lowest BCUT2D eigenvalue weighted by atomic mass is 10.1. The smallest absolute Gasteiger partial charge is 0.241 e. The Labute approximate surface area is 123 Å². The maximum absolute atomic E-state index is 12.1. The van der Waals surface area contributed by atoms with E-state index in [9.17, 15) is 13.2 Å². The zero-order chi connectivity index (χ0) is 15.3. The SMILES string of the molecule is CNC(=O)C(C)NS(=O)(=O)c1ccc(CC(N)=S)cc1. The molecule has 1 atom stereocenters. The van der Waals surface area contributed by atoms with Crippen LogP contribution in [-0.2, 0) is 21.2 Å². The molecule has 0 aliphatic rings. The first kappa shape index (κ1) is 16.5. The molecule has 1 aromatic rings. The number of carbonyl (C=O) groups excluding carboxylic acids is 1. The lowest BCUT2D eigenvalue weighted by Gasteiger charge is -2.13. The van der Waals surface area contributed by atoms with Crippen LogP contribution in [0.3, 0.4) is 0 Å². The molecule has 1 amide bonds. The van der Waals surface area contributed by atoms with Crippen molar-refractivity contribution in [3.63, 3.8) is 0 Å². The van der Waals surface area contributed by atoms with Crippen LogP contribution in [0.25, 0.3) is 0 Å². The van der Waals surface area contributed by atoms with Crippen LogP contribution in [0.2, 0.25) is 0 Å². The third-order valence-electron chi connectivity index (χ3n) is 2.58. The van der Waals surface area contributed by atoms with Gasteiger partial charge in [-0.2, -0.15) is 4.72 Å². The summed E-state index contributed by atoms with van der Waals surface area (Å²) in [4.78, 5) is 11.8. The van der Waals surface area contributed by atoms with Crippen LogP contribution >= 0.6 is 12.2 Å². The summed E-state index contributed by atoms with van der Waals surface area (Å²) in [7, 11) is -2.29. The van der Waals surface area contributed by atoms with Gasteiger partial charge in [-0.1, -0.05) is 24.4 Å². The number of sulfonamides is 1. The number of nitrogens with one attached hydrogen (secondary N) is 2. The number of benzene rings is 1. The Hall–Kier alpha value is -1.51. The molecule has 0 fully saturated rings. The Bertz CT molecular complexity index is 597. The topological polar surface area (TPSA) is 101 Å². The van der Waals surface area contributed by atoms with Crippen LogP contribution in [0, 0.1) is 0 Å². The second-order valence-electron chi connectivity index (χ2n) is 4.24. The van der Waals surface area contributed by atoms with Gasteiger partial charge < -0.3 is 11.1 Å². The highest BCUT2D eigenvalue weighted by Crippen LogP contribution is 2.11. The number of thiocarbonyl (C=S) groups is 1. The fraction of sp³-hybridized carbons (Fsp3) is 0.333. The van der Waals surface area contributed by atoms with Crippen LogP contribution in [0.4, 0.5) is 0 Å². The number of nitrogens with two attached hydrogens (primary N) is 1. The van der Waals surface area contributed by atoms with Crippen LogP contribution in [0.5, 0.6) is 0 Å². The first-order chi connectivity index (χ1) is 9.26. The molecular formula is C12H17N3O3S2. The predicted molar refractivity (Wildman–Crippen MR) is 80.8 cm³/mol. The summed E-state index contributed by atoms with van der Waals surface area (Å²) in [6, 6.07) is 5.33. The van der Waals surface area contributed by atoms with Crippen LogP contribution in [0.15, 0.2) is 29.2 Å². The van der Waals surface area contributed by atoms with E-state index in [0.717, 1.165) is 5.56 Å². The fourth-order valence-corrected chi connectivity index (χ4v) is 2.93. The van der Waals surface area contributed by atoms with Crippen molar-refractivity contribution in [2.75, 3.05) is 7.05 Å². The number of rotatable bonds is 6. The van der Waals surface area contributed by atoms with Gasteiger partial charge in [-0.25, -0.2) is 8.42 Å². The Kier molecular flexibility index (Phi) is 5.61. The normalized spacial score (nSPS) is 12.7. The number of hydrogen-bond donors (Lipinski definition) is 3. The van der Waals surface area contributed by atoms with Gasteiger partial charge in [0.2, 0.25) is 15.9 Å². The summed E-state index contributed by atoms with van der Waals surface area (Å²) >= 11 is 4.79. The highest BCUT2D eigenvalue weighted by atomic mass is 32.2. The monoisotopic (exact) mass is 315 g/mol. The van der Waals surface area contributed by atoms with Crippen molar-refractivity contribution in [3.05, 3.63) is 29.8 Å². The highest BCUT2D eigenvalue weighted by molar-refractivity contribution is 7.89. The molecule has 1 rings (SSSR count). The van der Waals surface area contributed by atoms with Gasteiger partial charge in [0.1, 0.15) is 0 Å². The predicted octanol–water partition coefficient (Wildman–Crippen LogP) is -0.0720. The Morgan fingerprint density at radius 2 is 1.90 bits per heavy atom. The molecule has 0 radical (unpaired) electrons. The molecule has 0 spiro atoms. The average Bonchev–Trinajstić information content (AvgIpc) is 2.37. The average molecular weight is 315 g/mol. The Balaban J connectivity index is 2.88. The molecular weight excluding hydrogens is 298 g/mol. The molecule has 0 saturated carbocycles. The van der Waals surface area contributed by atoms with Crippen LogP contribution in [-0.4, -0.2) is 32.4 Å². The van der Waals surface area contributed by atoms with Crippen molar-refractivity contribution in [2.24, 2.45) is 5.73 Å². The standard InChI is InChI=1S/C12H17N3O3S2/c1-8(12(16)14-2)15-20(17,18)10-5-3-9(4-6-10)7-11(13)19/h3-6,8,15H,7H2,1-2H3,(H2,13,19)(H,14,16). The molecule has 0 aliphatic heterocycles. The van der Waals surface area contributed by atoms with Gasteiger partial charge in [-0.05, 0) is 24.6 Å². The zero-order valence-corrected chi connectivity index (χ0v) is 12.8. The molecule has 0 aromatic heterocycles. The van der Waals surface area contributed by atoms with Gasteiger partial charge in [-0.15, -0.1) is 0 Å². The van der Waals surface area contributed by atoms with E-state index in [0.29, 0.717) is 11.4 Å². The molecule has 110 valence electrons. The molecule has 0 heterocycles. The third kappa shape index (κ3) is 4.55. The molecule has 20 heavy (non-hydrogen) atoms.